The number of hydrogen-bond donors (Lipinski definition) is 0. The molecule has 0 aliphatic carbocycles. The van der Waals surface area contributed by atoms with Crippen molar-refractivity contribution in [2.75, 3.05) is 0 Å². The molecule has 4 nitrogen and oxygen atoms in total. The van der Waals surface area contributed by atoms with E-state index in [9.17, 15) is 0 Å². The van der Waals surface area contributed by atoms with Crippen LogP contribution >= 0.6 is 27.5 Å². The summed E-state index contributed by atoms with van der Waals surface area (Å²) in [5.41, 5.74) is 4.98. The molecule has 2 aromatic heterocycles. The highest BCUT2D eigenvalue weighted by molar-refractivity contribution is 9.10. The van der Waals surface area contributed by atoms with E-state index in [0.717, 1.165) is 32.8 Å². The summed E-state index contributed by atoms with van der Waals surface area (Å²) in [4.78, 5) is 4.70. The summed E-state index contributed by atoms with van der Waals surface area (Å²) in [7, 11) is 1.93. The summed E-state index contributed by atoms with van der Waals surface area (Å²) in [6.07, 6.45) is 0. The topological polar surface area (TPSA) is 35.6 Å². The third-order valence-corrected chi connectivity index (χ3v) is 4.36. The Hall–Kier alpha value is -1.33. The Bertz CT molecular complexity index is 832. The van der Waals surface area contributed by atoms with Gasteiger partial charge in [-0.15, -0.1) is 11.6 Å². The fraction of sp³-hybridized carbons (Fsp3) is 0.333. The second-order valence-corrected chi connectivity index (χ2v) is 6.77. The van der Waals surface area contributed by atoms with Crippen LogP contribution in [0.15, 0.2) is 22.7 Å². The summed E-state index contributed by atoms with van der Waals surface area (Å²) in [6, 6.07) is 6.25. The zero-order chi connectivity index (χ0) is 15.3. The van der Waals surface area contributed by atoms with E-state index in [1.807, 2.05) is 25.6 Å². The lowest BCUT2D eigenvalue weighted by molar-refractivity contribution is 0.747. The van der Waals surface area contributed by atoms with Crippen LogP contribution in [0.5, 0.6) is 0 Å². The van der Waals surface area contributed by atoms with Crippen molar-refractivity contribution >= 4 is 38.7 Å². The minimum absolute atomic E-state index is 0.190. The van der Waals surface area contributed by atoms with Crippen LogP contribution < -0.4 is 0 Å². The molecule has 1 atom stereocenters. The fourth-order valence-corrected chi connectivity index (χ4v) is 3.40. The number of aromatic nitrogens is 4. The van der Waals surface area contributed by atoms with Crippen LogP contribution in [0.1, 0.15) is 29.4 Å². The van der Waals surface area contributed by atoms with Crippen molar-refractivity contribution in [2.45, 2.75) is 26.1 Å². The number of rotatable bonds is 2. The average Bonchev–Trinajstić information content (AvgIpc) is 2.90. The Labute approximate surface area is 136 Å². The fourth-order valence-electron chi connectivity index (χ4n) is 2.59. The standard InChI is InChI=1S/C15H16BrClN4/c1-8-5-6-12(11(16)7-8)21-14(9(2)17)18-13-10(3)19-20(4)15(13)21/h5-7,9H,1-4H3. The number of hydrogen-bond acceptors (Lipinski definition) is 2. The molecule has 3 rings (SSSR count). The van der Waals surface area contributed by atoms with Crippen LogP contribution in [0.25, 0.3) is 16.9 Å². The third kappa shape index (κ3) is 2.28. The van der Waals surface area contributed by atoms with E-state index < -0.39 is 0 Å². The summed E-state index contributed by atoms with van der Waals surface area (Å²) < 4.78 is 4.95. The number of halogens is 2. The van der Waals surface area contributed by atoms with Crippen LogP contribution in [0, 0.1) is 13.8 Å². The summed E-state index contributed by atoms with van der Waals surface area (Å²) in [6.45, 7) is 5.97. The van der Waals surface area contributed by atoms with Gasteiger partial charge in [-0.2, -0.15) is 5.10 Å². The van der Waals surface area contributed by atoms with E-state index >= 15 is 0 Å². The Morgan fingerprint density at radius 2 is 2.00 bits per heavy atom. The normalized spacial score (nSPS) is 13.0. The average molecular weight is 368 g/mol. The largest absolute Gasteiger partial charge is 0.279 e. The van der Waals surface area contributed by atoms with Gasteiger partial charge in [0.25, 0.3) is 0 Å². The Balaban J connectivity index is 2.41. The summed E-state index contributed by atoms with van der Waals surface area (Å²) in [5.74, 6) is 0.826. The van der Waals surface area contributed by atoms with Crippen LogP contribution in [0.4, 0.5) is 0 Å². The number of aryl methyl sites for hydroxylation is 3. The molecule has 0 bridgehead atoms. The molecule has 0 fully saturated rings. The zero-order valence-corrected chi connectivity index (χ0v) is 14.7. The Kier molecular flexibility index (Phi) is 3.58. The molecule has 110 valence electrons. The van der Waals surface area contributed by atoms with Gasteiger partial charge in [0.1, 0.15) is 11.3 Å². The van der Waals surface area contributed by atoms with Crippen LogP contribution in [-0.4, -0.2) is 19.3 Å². The van der Waals surface area contributed by atoms with Crippen molar-refractivity contribution in [3.05, 3.63) is 39.8 Å². The predicted octanol–water partition coefficient (Wildman–Crippen LogP) is 4.44. The van der Waals surface area contributed by atoms with Gasteiger partial charge in [-0.1, -0.05) is 6.07 Å². The van der Waals surface area contributed by atoms with Gasteiger partial charge in [0, 0.05) is 11.5 Å². The van der Waals surface area contributed by atoms with Gasteiger partial charge < -0.3 is 0 Å². The molecular weight excluding hydrogens is 352 g/mol. The smallest absolute Gasteiger partial charge is 0.163 e. The maximum atomic E-state index is 6.35. The minimum atomic E-state index is -0.190. The van der Waals surface area contributed by atoms with Gasteiger partial charge in [-0.25, -0.2) is 9.67 Å². The quantitative estimate of drug-likeness (QED) is 0.628. The first-order valence-electron chi connectivity index (χ1n) is 6.72. The highest BCUT2D eigenvalue weighted by Crippen LogP contribution is 2.32. The molecule has 0 aliphatic heterocycles. The molecular formula is C15H16BrClN4. The van der Waals surface area contributed by atoms with Crippen molar-refractivity contribution in [1.29, 1.82) is 0 Å². The van der Waals surface area contributed by atoms with Crippen molar-refractivity contribution in [2.24, 2.45) is 7.05 Å². The monoisotopic (exact) mass is 366 g/mol. The lowest BCUT2D eigenvalue weighted by Crippen LogP contribution is -2.06. The maximum absolute atomic E-state index is 6.35. The van der Waals surface area contributed by atoms with Gasteiger partial charge in [-0.05, 0) is 54.4 Å². The molecule has 21 heavy (non-hydrogen) atoms. The lowest BCUT2D eigenvalue weighted by atomic mass is 10.2. The summed E-state index contributed by atoms with van der Waals surface area (Å²) >= 11 is 9.99. The van der Waals surface area contributed by atoms with E-state index in [0.29, 0.717) is 0 Å². The molecule has 3 aromatic rings. The van der Waals surface area contributed by atoms with Gasteiger partial charge in [-0.3, -0.25) is 4.57 Å². The molecule has 2 heterocycles. The zero-order valence-electron chi connectivity index (χ0n) is 12.4. The maximum Gasteiger partial charge on any atom is 0.163 e. The van der Waals surface area contributed by atoms with E-state index in [1.54, 1.807) is 0 Å². The van der Waals surface area contributed by atoms with E-state index in [4.69, 9.17) is 16.6 Å². The van der Waals surface area contributed by atoms with Crippen molar-refractivity contribution in [3.8, 4) is 5.69 Å². The van der Waals surface area contributed by atoms with E-state index in [2.05, 4.69) is 50.7 Å². The Morgan fingerprint density at radius 1 is 1.29 bits per heavy atom. The number of alkyl halides is 1. The van der Waals surface area contributed by atoms with E-state index in [1.165, 1.54) is 5.56 Å². The molecule has 0 amide bonds. The number of nitrogens with zero attached hydrogens (tertiary/aromatic N) is 4. The molecule has 0 N–H and O–H groups in total. The van der Waals surface area contributed by atoms with Crippen LogP contribution in [0.3, 0.4) is 0 Å². The molecule has 0 aliphatic rings. The number of imidazole rings is 1. The lowest BCUT2D eigenvalue weighted by Gasteiger charge is -2.13. The predicted molar refractivity (Wildman–Crippen MR) is 89.3 cm³/mol. The first-order valence-corrected chi connectivity index (χ1v) is 7.95. The molecule has 0 spiro atoms. The van der Waals surface area contributed by atoms with Crippen molar-refractivity contribution in [1.82, 2.24) is 19.3 Å². The number of benzene rings is 1. The van der Waals surface area contributed by atoms with Crippen molar-refractivity contribution in [3.63, 3.8) is 0 Å². The molecule has 0 radical (unpaired) electrons. The van der Waals surface area contributed by atoms with Gasteiger partial charge >= 0.3 is 0 Å². The van der Waals surface area contributed by atoms with Crippen LogP contribution in [-0.2, 0) is 7.05 Å². The second kappa shape index (κ2) is 5.14. The summed E-state index contributed by atoms with van der Waals surface area (Å²) in [5, 5.41) is 4.27. The molecule has 1 aromatic carbocycles. The minimum Gasteiger partial charge on any atom is -0.279 e. The van der Waals surface area contributed by atoms with Crippen LogP contribution in [0.2, 0.25) is 0 Å². The first-order chi connectivity index (χ1) is 9.90. The highest BCUT2D eigenvalue weighted by atomic mass is 79.9. The molecule has 1 unspecified atom stereocenters. The van der Waals surface area contributed by atoms with Gasteiger partial charge in [0.15, 0.2) is 5.65 Å². The van der Waals surface area contributed by atoms with Crippen molar-refractivity contribution < 1.29 is 0 Å². The highest BCUT2D eigenvalue weighted by Gasteiger charge is 2.22. The van der Waals surface area contributed by atoms with Gasteiger partial charge in [0.05, 0.1) is 16.8 Å². The van der Waals surface area contributed by atoms with Gasteiger partial charge in [0.2, 0.25) is 0 Å². The number of fused-ring (bicyclic) bond motifs is 1. The van der Waals surface area contributed by atoms with E-state index in [-0.39, 0.29) is 5.38 Å². The molecule has 0 saturated heterocycles. The second-order valence-electron chi connectivity index (χ2n) is 5.26. The third-order valence-electron chi connectivity index (χ3n) is 3.53. The Morgan fingerprint density at radius 3 is 2.62 bits per heavy atom. The first kappa shape index (κ1) is 14.6. The molecule has 0 saturated carbocycles. The SMILES string of the molecule is Cc1ccc(-n2c(C(C)Cl)nc3c(C)nn(C)c32)c(Br)c1. The molecule has 6 heteroatoms.